The summed E-state index contributed by atoms with van der Waals surface area (Å²) in [6.07, 6.45) is 3.56. The van der Waals surface area contributed by atoms with E-state index >= 15 is 0 Å². The lowest BCUT2D eigenvalue weighted by Crippen LogP contribution is -2.13. The predicted molar refractivity (Wildman–Crippen MR) is 92.8 cm³/mol. The maximum Gasteiger partial charge on any atom is 0.265 e. The minimum Gasteiger partial charge on any atom is -0.306 e. The number of hydrogen-bond acceptors (Lipinski definition) is 4. The van der Waals surface area contributed by atoms with Crippen LogP contribution in [0.3, 0.4) is 0 Å². The van der Waals surface area contributed by atoms with Crippen LogP contribution >= 0.6 is 23.8 Å². The molecule has 4 aromatic rings. The molecule has 1 N–H and O–H groups in total. The summed E-state index contributed by atoms with van der Waals surface area (Å²) < 4.78 is 3.36. The molecule has 1 aromatic carbocycles. The van der Waals surface area contributed by atoms with Gasteiger partial charge in [0.1, 0.15) is 11.3 Å². The summed E-state index contributed by atoms with van der Waals surface area (Å²) in [5.74, 6) is 0.0908. The van der Waals surface area contributed by atoms with Crippen molar-refractivity contribution < 1.29 is 4.79 Å². The van der Waals surface area contributed by atoms with Gasteiger partial charge in [0.2, 0.25) is 4.77 Å². The summed E-state index contributed by atoms with van der Waals surface area (Å²) in [6, 6.07) is 12.4. The smallest absolute Gasteiger partial charge is 0.265 e. The number of rotatable bonds is 2. The van der Waals surface area contributed by atoms with Crippen LogP contribution < -0.4 is 0 Å². The Morgan fingerprint density at radius 1 is 1.21 bits per heavy atom. The Balaban J connectivity index is 1.87. The Kier molecular flexibility index (Phi) is 3.51. The average molecular weight is 356 g/mol. The third-order valence-electron chi connectivity index (χ3n) is 3.55. The molecule has 4 rings (SSSR count). The number of benzene rings is 1. The van der Waals surface area contributed by atoms with E-state index in [1.165, 1.54) is 4.57 Å². The van der Waals surface area contributed by atoms with Gasteiger partial charge in [-0.2, -0.15) is 5.10 Å². The molecule has 24 heavy (non-hydrogen) atoms. The Morgan fingerprint density at radius 2 is 2.00 bits per heavy atom. The second-order valence-electron chi connectivity index (χ2n) is 5.10. The maximum atomic E-state index is 12.8. The highest BCUT2D eigenvalue weighted by atomic mass is 35.5. The third kappa shape index (κ3) is 2.44. The number of carbonyl (C=O) groups is 1. The molecule has 3 heterocycles. The number of imidazole rings is 1. The fourth-order valence-electron chi connectivity index (χ4n) is 2.43. The molecule has 8 heteroatoms. The largest absolute Gasteiger partial charge is 0.306 e. The molecule has 3 aromatic heterocycles. The molecule has 0 fully saturated rings. The number of carbonyl (C=O) groups excluding carboxylic acids is 1. The van der Waals surface area contributed by atoms with Crippen molar-refractivity contribution in [1.29, 1.82) is 0 Å². The molecule has 0 aliphatic carbocycles. The van der Waals surface area contributed by atoms with Crippen molar-refractivity contribution >= 4 is 35.4 Å². The highest BCUT2D eigenvalue weighted by Gasteiger charge is 2.19. The average Bonchev–Trinajstić information content (AvgIpc) is 3.17. The van der Waals surface area contributed by atoms with Gasteiger partial charge in [0, 0.05) is 29.0 Å². The highest BCUT2D eigenvalue weighted by Crippen LogP contribution is 2.20. The van der Waals surface area contributed by atoms with Gasteiger partial charge in [-0.15, -0.1) is 0 Å². The van der Waals surface area contributed by atoms with Gasteiger partial charge in [0.25, 0.3) is 5.91 Å². The van der Waals surface area contributed by atoms with Crippen molar-refractivity contribution in [1.82, 2.24) is 24.1 Å². The van der Waals surface area contributed by atoms with E-state index in [-0.39, 0.29) is 10.7 Å². The van der Waals surface area contributed by atoms with Gasteiger partial charge in [-0.05, 0) is 30.4 Å². The van der Waals surface area contributed by atoms with Gasteiger partial charge < -0.3 is 4.40 Å². The quantitative estimate of drug-likeness (QED) is 0.558. The van der Waals surface area contributed by atoms with Crippen LogP contribution in [0.1, 0.15) is 10.4 Å². The first-order chi connectivity index (χ1) is 11.6. The molecule has 0 aliphatic rings. The number of aromatic amines is 1. The third-order valence-corrected chi connectivity index (χ3v) is 4.06. The first kappa shape index (κ1) is 14.8. The zero-order chi connectivity index (χ0) is 16.7. The molecule has 0 saturated carbocycles. The van der Waals surface area contributed by atoms with E-state index in [9.17, 15) is 4.79 Å². The number of nitrogens with one attached hydrogen (secondary N) is 1. The summed E-state index contributed by atoms with van der Waals surface area (Å²) in [6.45, 7) is 0. The Bertz CT molecular complexity index is 1110. The van der Waals surface area contributed by atoms with Crippen LogP contribution in [0.25, 0.3) is 17.2 Å². The molecule has 0 atom stereocenters. The highest BCUT2D eigenvalue weighted by molar-refractivity contribution is 7.71. The van der Waals surface area contributed by atoms with E-state index in [1.54, 1.807) is 53.2 Å². The normalized spacial score (nSPS) is 11.0. The first-order valence-corrected chi connectivity index (χ1v) is 7.84. The molecule has 6 nitrogen and oxygen atoms in total. The monoisotopic (exact) mass is 355 g/mol. The van der Waals surface area contributed by atoms with Crippen LogP contribution in [-0.4, -0.2) is 30.1 Å². The molecule has 0 aliphatic heterocycles. The van der Waals surface area contributed by atoms with E-state index in [4.69, 9.17) is 23.8 Å². The topological polar surface area (TPSA) is 68.0 Å². The van der Waals surface area contributed by atoms with Gasteiger partial charge in [-0.25, -0.2) is 9.55 Å². The number of nitrogens with zero attached hydrogens (tertiary/aromatic N) is 4. The second-order valence-corrected chi connectivity index (χ2v) is 5.92. The summed E-state index contributed by atoms with van der Waals surface area (Å²) in [5, 5.41) is 7.41. The molecular weight excluding hydrogens is 346 g/mol. The van der Waals surface area contributed by atoms with E-state index in [0.717, 1.165) is 0 Å². The molecule has 0 unspecified atom stereocenters. The Hall–Kier alpha value is -2.77. The van der Waals surface area contributed by atoms with E-state index in [1.807, 2.05) is 6.07 Å². The Morgan fingerprint density at radius 3 is 2.79 bits per heavy atom. The molecule has 0 bridgehead atoms. The van der Waals surface area contributed by atoms with E-state index < -0.39 is 0 Å². The van der Waals surface area contributed by atoms with Gasteiger partial charge in [-0.3, -0.25) is 9.89 Å². The van der Waals surface area contributed by atoms with Crippen molar-refractivity contribution in [2.24, 2.45) is 0 Å². The molecule has 118 valence electrons. The zero-order valence-electron chi connectivity index (χ0n) is 12.2. The first-order valence-electron chi connectivity index (χ1n) is 7.05. The van der Waals surface area contributed by atoms with Gasteiger partial charge in [0.15, 0.2) is 5.82 Å². The van der Waals surface area contributed by atoms with Crippen LogP contribution in [0.5, 0.6) is 0 Å². The van der Waals surface area contributed by atoms with Crippen LogP contribution in [0.15, 0.2) is 54.9 Å². The van der Waals surface area contributed by atoms with E-state index in [2.05, 4.69) is 15.2 Å². The zero-order valence-corrected chi connectivity index (χ0v) is 13.8. The van der Waals surface area contributed by atoms with Gasteiger partial charge in [0.05, 0.1) is 0 Å². The fraction of sp³-hybridized carbons (Fsp3) is 0. The van der Waals surface area contributed by atoms with Crippen molar-refractivity contribution in [3.63, 3.8) is 0 Å². The predicted octanol–water partition coefficient (Wildman–Crippen LogP) is 3.60. The van der Waals surface area contributed by atoms with Gasteiger partial charge >= 0.3 is 0 Å². The molecule has 0 spiro atoms. The molecule has 0 amide bonds. The molecular formula is C16H10ClN5OS. The number of H-pyrrole nitrogens is 1. The Labute approximate surface area is 146 Å². The fourth-order valence-corrected chi connectivity index (χ4v) is 2.80. The number of pyridine rings is 1. The van der Waals surface area contributed by atoms with Crippen molar-refractivity contribution in [3.8, 4) is 11.5 Å². The van der Waals surface area contributed by atoms with Crippen LogP contribution in [0, 0.1) is 4.77 Å². The summed E-state index contributed by atoms with van der Waals surface area (Å²) in [5.41, 5.74) is 1.70. The lowest BCUT2D eigenvalue weighted by molar-refractivity contribution is 0.0960. The lowest BCUT2D eigenvalue weighted by atomic mass is 10.2. The van der Waals surface area contributed by atoms with Gasteiger partial charge in [-0.1, -0.05) is 29.8 Å². The van der Waals surface area contributed by atoms with Crippen LogP contribution in [0.2, 0.25) is 5.02 Å². The van der Waals surface area contributed by atoms with Crippen molar-refractivity contribution in [2.75, 3.05) is 0 Å². The SMILES string of the molecule is O=C(c1ccccc1)n1c(-c2cn3ccc(Cl)cc3n2)n[nH]c1=S. The molecule has 0 radical (unpaired) electrons. The number of fused-ring (bicyclic) bond motifs is 1. The lowest BCUT2D eigenvalue weighted by Gasteiger charge is -2.03. The standard InChI is InChI=1S/C16H10ClN5OS/c17-11-6-7-21-9-12(18-13(21)8-11)14-19-20-16(24)22(14)15(23)10-4-2-1-3-5-10/h1-9H,(H,20,24). The number of aromatic nitrogens is 5. The number of halogens is 1. The minimum atomic E-state index is -0.264. The number of hydrogen-bond donors (Lipinski definition) is 1. The van der Waals surface area contributed by atoms with Crippen molar-refractivity contribution in [2.45, 2.75) is 0 Å². The summed E-state index contributed by atoms with van der Waals surface area (Å²) in [4.78, 5) is 17.2. The second kappa shape index (κ2) is 5.70. The maximum absolute atomic E-state index is 12.8. The summed E-state index contributed by atoms with van der Waals surface area (Å²) >= 11 is 11.2. The van der Waals surface area contributed by atoms with Crippen LogP contribution in [0.4, 0.5) is 0 Å². The van der Waals surface area contributed by atoms with Crippen LogP contribution in [-0.2, 0) is 0 Å². The van der Waals surface area contributed by atoms with E-state index in [0.29, 0.717) is 27.8 Å². The summed E-state index contributed by atoms with van der Waals surface area (Å²) in [7, 11) is 0. The van der Waals surface area contributed by atoms with Crippen molar-refractivity contribution in [3.05, 3.63) is 70.2 Å². The molecule has 0 saturated heterocycles. The minimum absolute atomic E-state index is 0.217.